The summed E-state index contributed by atoms with van der Waals surface area (Å²) in [5, 5.41) is 1.84. The van der Waals surface area contributed by atoms with Gasteiger partial charge in [-0.2, -0.15) is 0 Å². The highest BCUT2D eigenvalue weighted by Gasteiger charge is 2.24. The largest absolute Gasteiger partial charge is 0.398 e. The van der Waals surface area contributed by atoms with Crippen LogP contribution in [0.3, 0.4) is 0 Å². The van der Waals surface area contributed by atoms with Gasteiger partial charge in [-0.3, -0.25) is 14.9 Å². The molecule has 1 aromatic carbocycles. The van der Waals surface area contributed by atoms with Gasteiger partial charge in [-0.15, -0.1) is 0 Å². The predicted molar refractivity (Wildman–Crippen MR) is 60.0 cm³/mol. The Morgan fingerprint density at radius 1 is 1.27 bits per heavy atom. The van der Waals surface area contributed by atoms with Crippen molar-refractivity contribution >= 4 is 34.7 Å². The van der Waals surface area contributed by atoms with Gasteiger partial charge in [-0.25, -0.2) is 0 Å². The van der Waals surface area contributed by atoms with Crippen LogP contribution < -0.4 is 11.1 Å². The number of thioether (sulfide) groups is 1. The molecule has 1 aromatic rings. The van der Waals surface area contributed by atoms with Crippen molar-refractivity contribution in [3.63, 3.8) is 0 Å². The Morgan fingerprint density at radius 2 is 2.00 bits per heavy atom. The SMILES string of the molecule is Nc1ccccc1C=C1SC(=O)NC1=O. The molecular weight excluding hydrogens is 212 g/mol. The highest BCUT2D eigenvalue weighted by atomic mass is 32.2. The fourth-order valence-electron chi connectivity index (χ4n) is 1.20. The van der Waals surface area contributed by atoms with Crippen LogP contribution in [0, 0.1) is 0 Å². The lowest BCUT2D eigenvalue weighted by molar-refractivity contribution is -0.115. The molecule has 0 unspecified atom stereocenters. The lowest BCUT2D eigenvalue weighted by Crippen LogP contribution is -2.17. The molecule has 2 rings (SSSR count). The van der Waals surface area contributed by atoms with Gasteiger partial charge in [0.25, 0.3) is 11.1 Å². The van der Waals surface area contributed by atoms with E-state index in [1.54, 1.807) is 18.2 Å². The Balaban J connectivity index is 2.35. The minimum Gasteiger partial charge on any atom is -0.398 e. The first-order valence-corrected chi connectivity index (χ1v) is 5.08. The maximum absolute atomic E-state index is 11.2. The first-order valence-electron chi connectivity index (χ1n) is 4.26. The molecule has 2 amide bonds. The number of hydrogen-bond donors (Lipinski definition) is 2. The number of amides is 2. The average Bonchev–Trinajstić information content (AvgIpc) is 2.49. The summed E-state index contributed by atoms with van der Waals surface area (Å²) in [4.78, 5) is 22.5. The molecule has 1 heterocycles. The highest BCUT2D eigenvalue weighted by molar-refractivity contribution is 8.18. The number of nitrogen functional groups attached to an aromatic ring is 1. The van der Waals surface area contributed by atoms with E-state index in [1.165, 1.54) is 0 Å². The van der Waals surface area contributed by atoms with E-state index >= 15 is 0 Å². The third-order valence-corrected chi connectivity index (χ3v) is 2.74. The number of carbonyl (C=O) groups is 2. The third-order valence-electron chi connectivity index (χ3n) is 1.92. The summed E-state index contributed by atoms with van der Waals surface area (Å²) < 4.78 is 0. The van der Waals surface area contributed by atoms with E-state index in [1.807, 2.05) is 12.1 Å². The van der Waals surface area contributed by atoms with Gasteiger partial charge in [0.2, 0.25) is 0 Å². The summed E-state index contributed by atoms with van der Waals surface area (Å²) in [5.74, 6) is -0.367. The van der Waals surface area contributed by atoms with Crippen LogP contribution in [0.5, 0.6) is 0 Å². The van der Waals surface area contributed by atoms with Crippen LogP contribution in [-0.2, 0) is 4.79 Å². The third kappa shape index (κ3) is 2.02. The van der Waals surface area contributed by atoms with Gasteiger partial charge in [0.1, 0.15) is 0 Å². The summed E-state index contributed by atoms with van der Waals surface area (Å²) in [6, 6.07) is 7.16. The number of nitrogens with two attached hydrogens (primary N) is 1. The summed E-state index contributed by atoms with van der Waals surface area (Å²) in [5.41, 5.74) is 7.03. The molecule has 0 aromatic heterocycles. The Kier molecular flexibility index (Phi) is 2.47. The molecule has 4 nitrogen and oxygen atoms in total. The van der Waals surface area contributed by atoms with E-state index in [2.05, 4.69) is 5.32 Å². The van der Waals surface area contributed by atoms with Crippen LogP contribution in [0.15, 0.2) is 29.2 Å². The van der Waals surface area contributed by atoms with Crippen molar-refractivity contribution in [2.75, 3.05) is 5.73 Å². The fraction of sp³-hybridized carbons (Fsp3) is 0. The molecule has 15 heavy (non-hydrogen) atoms. The maximum atomic E-state index is 11.2. The van der Waals surface area contributed by atoms with Crippen LogP contribution in [0.1, 0.15) is 5.56 Å². The number of hydrogen-bond acceptors (Lipinski definition) is 4. The second-order valence-electron chi connectivity index (χ2n) is 2.98. The molecule has 0 aliphatic carbocycles. The van der Waals surface area contributed by atoms with Crippen molar-refractivity contribution in [1.82, 2.24) is 5.32 Å². The highest BCUT2D eigenvalue weighted by Crippen LogP contribution is 2.26. The van der Waals surface area contributed by atoms with Crippen molar-refractivity contribution in [3.8, 4) is 0 Å². The van der Waals surface area contributed by atoms with Crippen molar-refractivity contribution in [2.45, 2.75) is 0 Å². The van der Waals surface area contributed by atoms with Gasteiger partial charge >= 0.3 is 0 Å². The predicted octanol–water partition coefficient (Wildman–Crippen LogP) is 1.59. The Hall–Kier alpha value is -1.75. The standard InChI is InChI=1S/C10H8N2O2S/c11-7-4-2-1-3-6(7)5-8-9(13)12-10(14)15-8/h1-5H,11H2,(H,12,13,14). The number of para-hydroxylation sites is 1. The molecule has 76 valence electrons. The number of anilines is 1. The van der Waals surface area contributed by atoms with Gasteiger partial charge in [0.05, 0.1) is 4.91 Å². The van der Waals surface area contributed by atoms with Gasteiger partial charge in [0.15, 0.2) is 0 Å². The maximum Gasteiger partial charge on any atom is 0.290 e. The van der Waals surface area contributed by atoms with Gasteiger partial charge in [0, 0.05) is 5.69 Å². The molecule has 1 aliphatic rings. The van der Waals surface area contributed by atoms with Gasteiger partial charge in [-0.1, -0.05) is 18.2 Å². The molecule has 5 heteroatoms. The summed E-state index contributed by atoms with van der Waals surface area (Å²) in [6.07, 6.45) is 1.61. The molecule has 1 fully saturated rings. The zero-order chi connectivity index (χ0) is 10.8. The fourth-order valence-corrected chi connectivity index (χ4v) is 1.88. The second kappa shape index (κ2) is 3.78. The number of nitrogens with one attached hydrogen (secondary N) is 1. The van der Waals surface area contributed by atoms with Crippen LogP contribution in [-0.4, -0.2) is 11.1 Å². The van der Waals surface area contributed by atoms with E-state index in [9.17, 15) is 9.59 Å². The summed E-state index contributed by atoms with van der Waals surface area (Å²) in [6.45, 7) is 0. The lowest BCUT2D eigenvalue weighted by atomic mass is 10.1. The Bertz CT molecular complexity index is 468. The smallest absolute Gasteiger partial charge is 0.290 e. The molecule has 0 atom stereocenters. The van der Waals surface area contributed by atoms with Crippen LogP contribution in [0.4, 0.5) is 10.5 Å². The quantitative estimate of drug-likeness (QED) is 0.557. The Morgan fingerprint density at radius 3 is 2.60 bits per heavy atom. The van der Waals surface area contributed by atoms with Crippen LogP contribution in [0.25, 0.3) is 6.08 Å². The van der Waals surface area contributed by atoms with Crippen molar-refractivity contribution in [2.24, 2.45) is 0 Å². The number of imide groups is 1. The molecule has 0 spiro atoms. The number of rotatable bonds is 1. The van der Waals surface area contributed by atoms with Crippen molar-refractivity contribution < 1.29 is 9.59 Å². The first-order chi connectivity index (χ1) is 7.16. The molecule has 3 N–H and O–H groups in total. The van der Waals surface area contributed by atoms with Crippen LogP contribution >= 0.6 is 11.8 Å². The van der Waals surface area contributed by atoms with Gasteiger partial charge in [-0.05, 0) is 29.5 Å². The molecule has 1 aliphatic heterocycles. The number of carbonyl (C=O) groups excluding carboxylic acids is 2. The molecule has 1 saturated heterocycles. The molecular formula is C10H8N2O2S. The summed E-state index contributed by atoms with van der Waals surface area (Å²) in [7, 11) is 0. The molecule has 0 bridgehead atoms. The van der Waals surface area contributed by atoms with Crippen LogP contribution in [0.2, 0.25) is 0 Å². The zero-order valence-electron chi connectivity index (χ0n) is 7.69. The van der Waals surface area contributed by atoms with E-state index in [0.717, 1.165) is 17.3 Å². The van der Waals surface area contributed by atoms with E-state index < -0.39 is 0 Å². The summed E-state index contributed by atoms with van der Waals surface area (Å²) >= 11 is 0.883. The van der Waals surface area contributed by atoms with E-state index in [-0.39, 0.29) is 11.1 Å². The average molecular weight is 220 g/mol. The molecule has 0 radical (unpaired) electrons. The monoisotopic (exact) mass is 220 g/mol. The Labute approximate surface area is 90.5 Å². The normalized spacial score (nSPS) is 18.3. The zero-order valence-corrected chi connectivity index (χ0v) is 8.51. The topological polar surface area (TPSA) is 72.2 Å². The first kappa shape index (κ1) is 9.79. The minimum atomic E-state index is -0.367. The minimum absolute atomic E-state index is 0.347. The van der Waals surface area contributed by atoms with E-state index in [4.69, 9.17) is 5.73 Å². The number of benzene rings is 1. The lowest BCUT2D eigenvalue weighted by Gasteiger charge is -1.98. The van der Waals surface area contributed by atoms with E-state index in [0.29, 0.717) is 10.6 Å². The molecule has 0 saturated carbocycles. The second-order valence-corrected chi connectivity index (χ2v) is 4.00. The van der Waals surface area contributed by atoms with Crippen molar-refractivity contribution in [1.29, 1.82) is 0 Å². The van der Waals surface area contributed by atoms with Gasteiger partial charge < -0.3 is 5.73 Å². The van der Waals surface area contributed by atoms with Crippen molar-refractivity contribution in [3.05, 3.63) is 34.7 Å².